The number of benzene rings is 1. The van der Waals surface area contributed by atoms with E-state index in [-0.39, 0.29) is 23.3 Å². The molecule has 2 heterocycles. The highest BCUT2D eigenvalue weighted by atomic mass is 35.5. The van der Waals surface area contributed by atoms with Gasteiger partial charge < -0.3 is 10.3 Å². The number of likely N-dealkylation sites (tertiary alicyclic amines) is 1. The summed E-state index contributed by atoms with van der Waals surface area (Å²) in [5, 5.41) is 0. The van der Waals surface area contributed by atoms with Gasteiger partial charge in [0.15, 0.2) is 0 Å². The lowest BCUT2D eigenvalue weighted by atomic mass is 10.0. The van der Waals surface area contributed by atoms with E-state index in [1.165, 1.54) is 23.3 Å². The summed E-state index contributed by atoms with van der Waals surface area (Å²) in [6.45, 7) is 5.26. The maximum atomic E-state index is 11.7. The molecule has 0 aliphatic carbocycles. The van der Waals surface area contributed by atoms with Gasteiger partial charge in [0.2, 0.25) is 0 Å². The number of hydrogen-bond acceptors (Lipinski definition) is 4. The number of thiazole rings is 1. The number of fused-ring (bicyclic) bond motifs is 1. The van der Waals surface area contributed by atoms with Gasteiger partial charge in [-0.25, -0.2) is 0 Å². The maximum Gasteiger partial charge on any atom is 0.307 e. The highest BCUT2D eigenvalue weighted by Gasteiger charge is 2.25. The van der Waals surface area contributed by atoms with Gasteiger partial charge in [-0.3, -0.25) is 9.69 Å². The molecule has 2 atom stereocenters. The Morgan fingerprint density at radius 1 is 1.48 bits per heavy atom. The molecule has 1 aliphatic rings. The Bertz CT molecular complexity index is 679. The zero-order valence-corrected chi connectivity index (χ0v) is 14.0. The molecule has 2 N–H and O–H groups in total. The van der Waals surface area contributed by atoms with Crippen molar-refractivity contribution >= 4 is 34.0 Å². The number of halogens is 1. The van der Waals surface area contributed by atoms with Crippen molar-refractivity contribution < 1.29 is 0 Å². The van der Waals surface area contributed by atoms with Gasteiger partial charge in [-0.15, -0.1) is 12.4 Å². The van der Waals surface area contributed by atoms with Crippen molar-refractivity contribution in [1.82, 2.24) is 9.47 Å². The molecule has 2 unspecified atom stereocenters. The Balaban J connectivity index is 0.00000161. The lowest BCUT2D eigenvalue weighted by molar-refractivity contribution is 0.308. The van der Waals surface area contributed by atoms with Crippen LogP contribution in [0, 0.1) is 5.92 Å². The van der Waals surface area contributed by atoms with Gasteiger partial charge in [-0.1, -0.05) is 17.4 Å². The first-order valence-electron chi connectivity index (χ1n) is 7.11. The van der Waals surface area contributed by atoms with Crippen molar-refractivity contribution in [2.24, 2.45) is 18.7 Å². The molecule has 0 radical (unpaired) electrons. The lowest BCUT2D eigenvalue weighted by Crippen LogP contribution is -2.29. The van der Waals surface area contributed by atoms with Crippen molar-refractivity contribution in [3.05, 3.63) is 33.4 Å². The summed E-state index contributed by atoms with van der Waals surface area (Å²) in [7, 11) is 1.83. The van der Waals surface area contributed by atoms with E-state index in [0.717, 1.165) is 29.9 Å². The summed E-state index contributed by atoms with van der Waals surface area (Å²) in [6.07, 6.45) is 1.19. The second-order valence-corrected chi connectivity index (χ2v) is 6.87. The molecular weight excluding hydrogens is 306 g/mol. The molecular formula is C15H22ClN3OS. The summed E-state index contributed by atoms with van der Waals surface area (Å²) >= 11 is 1.33. The van der Waals surface area contributed by atoms with Crippen LogP contribution >= 0.6 is 23.7 Å². The van der Waals surface area contributed by atoms with Crippen molar-refractivity contribution in [2.45, 2.75) is 25.9 Å². The molecule has 1 saturated heterocycles. The SMILES string of the molecule is CC(N)C1CCN(Cc2ccc3c(c2)sc(=O)n3C)C1.Cl. The largest absolute Gasteiger partial charge is 0.328 e. The molecule has 1 aliphatic heterocycles. The van der Waals surface area contributed by atoms with E-state index in [1.807, 2.05) is 7.05 Å². The molecule has 6 heteroatoms. The van der Waals surface area contributed by atoms with Crippen LogP contribution in [-0.2, 0) is 13.6 Å². The Morgan fingerprint density at radius 2 is 2.24 bits per heavy atom. The fourth-order valence-corrected chi connectivity index (χ4v) is 3.91. The van der Waals surface area contributed by atoms with Crippen LogP contribution in [0.3, 0.4) is 0 Å². The maximum absolute atomic E-state index is 11.7. The van der Waals surface area contributed by atoms with Gasteiger partial charge in [0.25, 0.3) is 0 Å². The summed E-state index contributed by atoms with van der Waals surface area (Å²) in [5.74, 6) is 0.617. The summed E-state index contributed by atoms with van der Waals surface area (Å²) in [5.41, 5.74) is 8.29. The van der Waals surface area contributed by atoms with E-state index < -0.39 is 0 Å². The fraction of sp³-hybridized carbons (Fsp3) is 0.533. The molecule has 1 fully saturated rings. The van der Waals surface area contributed by atoms with Crippen LogP contribution in [0.4, 0.5) is 0 Å². The third kappa shape index (κ3) is 3.31. The first-order chi connectivity index (χ1) is 9.54. The number of aryl methyl sites for hydroxylation is 1. The van der Waals surface area contributed by atoms with Crippen LogP contribution in [0.1, 0.15) is 18.9 Å². The van der Waals surface area contributed by atoms with Crippen molar-refractivity contribution in [1.29, 1.82) is 0 Å². The van der Waals surface area contributed by atoms with Gasteiger partial charge >= 0.3 is 4.87 Å². The minimum Gasteiger partial charge on any atom is -0.328 e. The van der Waals surface area contributed by atoms with Crippen molar-refractivity contribution in [3.63, 3.8) is 0 Å². The highest BCUT2D eigenvalue weighted by Crippen LogP contribution is 2.23. The monoisotopic (exact) mass is 327 g/mol. The molecule has 21 heavy (non-hydrogen) atoms. The molecule has 3 rings (SSSR count). The molecule has 1 aromatic heterocycles. The van der Waals surface area contributed by atoms with Crippen LogP contribution in [-0.4, -0.2) is 28.6 Å². The average Bonchev–Trinajstić information content (AvgIpc) is 2.96. The predicted octanol–water partition coefficient (Wildman–Crippen LogP) is 2.19. The van der Waals surface area contributed by atoms with E-state index in [2.05, 4.69) is 30.0 Å². The molecule has 0 amide bonds. The third-order valence-corrected chi connectivity index (χ3v) is 5.31. The van der Waals surface area contributed by atoms with Crippen LogP contribution in [0.2, 0.25) is 0 Å². The van der Waals surface area contributed by atoms with Gasteiger partial charge in [0, 0.05) is 26.2 Å². The van der Waals surface area contributed by atoms with E-state index in [0.29, 0.717) is 5.92 Å². The van der Waals surface area contributed by atoms with Gasteiger partial charge in [0.1, 0.15) is 0 Å². The van der Waals surface area contributed by atoms with E-state index in [9.17, 15) is 4.79 Å². The highest BCUT2D eigenvalue weighted by molar-refractivity contribution is 7.16. The summed E-state index contributed by atoms with van der Waals surface area (Å²) in [4.78, 5) is 14.2. The molecule has 4 nitrogen and oxygen atoms in total. The van der Waals surface area contributed by atoms with E-state index >= 15 is 0 Å². The standard InChI is InChI=1S/C15H21N3OS.ClH/c1-10(16)12-5-6-18(9-12)8-11-3-4-13-14(7-11)20-15(19)17(13)2;/h3-4,7,10,12H,5-6,8-9,16H2,1-2H3;1H. The third-order valence-electron chi connectivity index (χ3n) is 4.32. The first-order valence-corrected chi connectivity index (χ1v) is 7.92. The van der Waals surface area contributed by atoms with Crippen LogP contribution in [0.25, 0.3) is 10.2 Å². The molecule has 0 bridgehead atoms. The molecule has 2 aromatic rings. The number of hydrogen-bond donors (Lipinski definition) is 1. The second-order valence-electron chi connectivity index (χ2n) is 5.87. The number of nitrogens with zero attached hydrogens (tertiary/aromatic N) is 2. The van der Waals surface area contributed by atoms with E-state index in [1.54, 1.807) is 4.57 Å². The Morgan fingerprint density at radius 3 is 2.90 bits per heavy atom. The van der Waals surface area contributed by atoms with Crippen molar-refractivity contribution in [2.75, 3.05) is 13.1 Å². The van der Waals surface area contributed by atoms with Crippen LogP contribution in [0.15, 0.2) is 23.0 Å². The quantitative estimate of drug-likeness (QED) is 0.940. The number of nitrogens with two attached hydrogens (primary N) is 1. The zero-order chi connectivity index (χ0) is 14.3. The average molecular weight is 328 g/mol. The number of aromatic nitrogens is 1. The second kappa shape index (κ2) is 6.48. The predicted molar refractivity (Wildman–Crippen MR) is 91.3 cm³/mol. The minimum absolute atomic E-state index is 0. The Labute approximate surface area is 135 Å². The number of rotatable bonds is 3. The van der Waals surface area contributed by atoms with Gasteiger partial charge in [0.05, 0.1) is 10.2 Å². The van der Waals surface area contributed by atoms with E-state index in [4.69, 9.17) is 5.73 Å². The van der Waals surface area contributed by atoms with Crippen LogP contribution in [0.5, 0.6) is 0 Å². The summed E-state index contributed by atoms with van der Waals surface area (Å²) < 4.78 is 2.80. The smallest absolute Gasteiger partial charge is 0.307 e. The normalized spacial score (nSPS) is 20.6. The molecule has 1 aromatic carbocycles. The zero-order valence-electron chi connectivity index (χ0n) is 12.4. The topological polar surface area (TPSA) is 51.3 Å². The molecule has 116 valence electrons. The fourth-order valence-electron chi connectivity index (χ4n) is 2.97. The van der Waals surface area contributed by atoms with Gasteiger partial charge in [-0.2, -0.15) is 0 Å². The Kier molecular flexibility index (Phi) is 5.09. The Hall–Kier alpha value is -0.880. The molecule has 0 spiro atoms. The minimum atomic E-state index is 0. The lowest BCUT2D eigenvalue weighted by Gasteiger charge is -2.17. The summed E-state index contributed by atoms with van der Waals surface area (Å²) in [6, 6.07) is 6.62. The van der Waals surface area contributed by atoms with Crippen molar-refractivity contribution in [3.8, 4) is 0 Å². The van der Waals surface area contributed by atoms with Crippen LogP contribution < -0.4 is 10.6 Å². The first kappa shape index (κ1) is 16.5. The molecule has 0 saturated carbocycles. The van der Waals surface area contributed by atoms with Gasteiger partial charge in [-0.05, 0) is 43.5 Å².